The second-order valence-corrected chi connectivity index (χ2v) is 10.7. The lowest BCUT2D eigenvalue weighted by Gasteiger charge is -2.55. The first kappa shape index (κ1) is 22.5. The summed E-state index contributed by atoms with van der Waals surface area (Å²) in [7, 11) is 0. The highest BCUT2D eigenvalue weighted by Gasteiger charge is 2.50. The number of thiazole rings is 1. The molecule has 2 atom stereocenters. The predicted molar refractivity (Wildman–Crippen MR) is 138 cm³/mol. The van der Waals surface area contributed by atoms with Gasteiger partial charge in [0.2, 0.25) is 4.80 Å². The Hall–Kier alpha value is -3.32. The Balaban J connectivity index is 1.60. The van der Waals surface area contributed by atoms with E-state index in [9.17, 15) is 10.1 Å². The quantitative estimate of drug-likeness (QED) is 0.233. The van der Waals surface area contributed by atoms with Crippen LogP contribution in [-0.4, -0.2) is 15.8 Å². The number of hydrogen-bond acceptors (Lipinski definition) is 5. The van der Waals surface area contributed by atoms with Crippen LogP contribution in [0.5, 0.6) is 0 Å². The van der Waals surface area contributed by atoms with Crippen molar-refractivity contribution in [3.63, 3.8) is 0 Å². The summed E-state index contributed by atoms with van der Waals surface area (Å²) in [6.07, 6.45) is 6.65. The highest BCUT2D eigenvalue weighted by molar-refractivity contribution is 7.07. The van der Waals surface area contributed by atoms with Crippen molar-refractivity contribution in [2.75, 3.05) is 0 Å². The summed E-state index contributed by atoms with van der Waals surface area (Å²) in [6.45, 7) is 8.82. The van der Waals surface area contributed by atoms with E-state index >= 15 is 0 Å². The van der Waals surface area contributed by atoms with E-state index in [-0.39, 0.29) is 10.6 Å². The van der Waals surface area contributed by atoms with Gasteiger partial charge in [0.05, 0.1) is 22.5 Å². The molecular weight excluding hydrogens is 444 g/mol. The molecule has 2 aromatic carbocycles. The number of benzene rings is 2. The van der Waals surface area contributed by atoms with Crippen LogP contribution in [-0.2, 0) is 0 Å². The Bertz CT molecular complexity index is 1390. The molecule has 174 valence electrons. The highest BCUT2D eigenvalue weighted by Crippen LogP contribution is 2.58. The minimum absolute atomic E-state index is 0.0726. The number of rotatable bonds is 5. The summed E-state index contributed by atoms with van der Waals surface area (Å²) in [5.74, 6) is 1.31. The molecule has 3 aliphatic carbocycles. The molecule has 1 saturated carbocycles. The smallest absolute Gasteiger partial charge is 0.258 e. The summed E-state index contributed by atoms with van der Waals surface area (Å²) in [5.41, 5.74) is 6.58. The second kappa shape index (κ2) is 8.47. The lowest BCUT2D eigenvalue weighted by atomic mass is 9.49. The normalized spacial score (nSPS) is 21.4. The number of hydrogen-bond donors (Lipinski definition) is 0. The molecule has 1 aromatic heterocycles. The number of aromatic nitrogens is 1. The topological polar surface area (TPSA) is 72.8 Å². The molecule has 0 saturated heterocycles. The monoisotopic (exact) mass is 472 g/mol. The standard InChI is InChI=1S/C27H28N4O2S/c1-17-5-6-18(2)24(13-17)29-26-30(28-15-20-7-10-21-14-23(20)27(21,3)4)25(16-34-26)19-8-11-22(12-9-19)31(32)33/h5-9,11-13,15-16,21,23H,10,14H2,1-4H3. The fourth-order valence-corrected chi connectivity index (χ4v) is 5.90. The molecule has 2 bridgehead atoms. The fourth-order valence-electron chi connectivity index (χ4n) is 5.05. The van der Waals surface area contributed by atoms with E-state index in [4.69, 9.17) is 10.1 Å². The molecule has 0 amide bonds. The summed E-state index contributed by atoms with van der Waals surface area (Å²) in [4.78, 5) is 16.4. The number of non-ortho nitro benzene ring substituents is 1. The molecule has 0 N–H and O–H groups in total. The molecule has 34 heavy (non-hydrogen) atoms. The van der Waals surface area contributed by atoms with Gasteiger partial charge in [-0.2, -0.15) is 5.10 Å². The Morgan fingerprint density at radius 2 is 1.94 bits per heavy atom. The van der Waals surface area contributed by atoms with Crippen LogP contribution in [0.2, 0.25) is 0 Å². The third-order valence-corrected chi connectivity index (χ3v) is 8.29. The lowest BCUT2D eigenvalue weighted by molar-refractivity contribution is -0.384. The number of aryl methyl sites for hydroxylation is 2. The average Bonchev–Trinajstić information content (AvgIpc) is 3.22. The summed E-state index contributed by atoms with van der Waals surface area (Å²) < 4.78 is 1.87. The van der Waals surface area contributed by atoms with Gasteiger partial charge in [0.25, 0.3) is 5.69 Å². The van der Waals surface area contributed by atoms with E-state index in [1.165, 1.54) is 35.5 Å². The van der Waals surface area contributed by atoms with Gasteiger partial charge in [0.1, 0.15) is 0 Å². The number of fused-ring (bicyclic) bond motifs is 1. The summed E-state index contributed by atoms with van der Waals surface area (Å²) >= 11 is 1.52. The molecule has 3 aliphatic rings. The van der Waals surface area contributed by atoms with Gasteiger partial charge in [-0.15, -0.1) is 11.3 Å². The number of nitrogens with zero attached hydrogens (tertiary/aromatic N) is 4. The molecule has 3 aromatic rings. The van der Waals surface area contributed by atoms with Crippen LogP contribution in [0.15, 0.2) is 69.6 Å². The van der Waals surface area contributed by atoms with E-state index in [2.05, 4.69) is 52.0 Å². The van der Waals surface area contributed by atoms with Crippen molar-refractivity contribution in [3.8, 4) is 11.3 Å². The molecule has 7 heteroatoms. The van der Waals surface area contributed by atoms with Crippen LogP contribution >= 0.6 is 11.3 Å². The third kappa shape index (κ3) is 3.94. The largest absolute Gasteiger partial charge is 0.269 e. The molecule has 6 nitrogen and oxygen atoms in total. The van der Waals surface area contributed by atoms with Gasteiger partial charge in [0.15, 0.2) is 0 Å². The zero-order valence-corrected chi connectivity index (χ0v) is 20.7. The third-order valence-electron chi connectivity index (χ3n) is 7.47. The van der Waals surface area contributed by atoms with Crippen LogP contribution in [0, 0.1) is 41.2 Å². The van der Waals surface area contributed by atoms with Crippen LogP contribution in [0.3, 0.4) is 0 Å². The zero-order valence-electron chi connectivity index (χ0n) is 19.9. The molecule has 6 rings (SSSR count). The van der Waals surface area contributed by atoms with Crippen molar-refractivity contribution >= 4 is 28.9 Å². The maximum atomic E-state index is 11.1. The van der Waals surface area contributed by atoms with E-state index in [0.717, 1.165) is 45.2 Å². The van der Waals surface area contributed by atoms with Gasteiger partial charge in [-0.3, -0.25) is 10.1 Å². The first-order valence-electron chi connectivity index (χ1n) is 11.6. The van der Waals surface area contributed by atoms with Gasteiger partial charge in [-0.25, -0.2) is 9.67 Å². The van der Waals surface area contributed by atoms with Crippen molar-refractivity contribution in [1.82, 2.24) is 4.68 Å². The van der Waals surface area contributed by atoms with Crippen LogP contribution in [0.1, 0.15) is 37.8 Å². The Morgan fingerprint density at radius 1 is 1.18 bits per heavy atom. The fraction of sp³-hybridized carbons (Fsp3) is 0.333. The Morgan fingerprint density at radius 3 is 2.62 bits per heavy atom. The maximum absolute atomic E-state index is 11.1. The lowest BCUT2D eigenvalue weighted by Crippen LogP contribution is -2.48. The number of nitro groups is 1. The molecule has 0 spiro atoms. The van der Waals surface area contributed by atoms with Gasteiger partial charge >= 0.3 is 0 Å². The van der Waals surface area contributed by atoms with Crippen molar-refractivity contribution in [1.29, 1.82) is 0 Å². The van der Waals surface area contributed by atoms with Gasteiger partial charge in [-0.05, 0) is 78.8 Å². The molecule has 1 fully saturated rings. The van der Waals surface area contributed by atoms with Gasteiger partial charge in [-0.1, -0.05) is 32.1 Å². The molecule has 1 heterocycles. The van der Waals surface area contributed by atoms with Crippen molar-refractivity contribution < 1.29 is 4.92 Å². The van der Waals surface area contributed by atoms with Gasteiger partial charge in [0, 0.05) is 23.1 Å². The molecule has 2 unspecified atom stereocenters. The molecular formula is C27H28N4O2S. The summed E-state index contributed by atoms with van der Waals surface area (Å²) in [5, 5.41) is 18.0. The number of allylic oxidation sites excluding steroid dienone is 2. The Kier molecular flexibility index (Phi) is 5.60. The number of nitro benzene ring substituents is 1. The van der Waals surface area contributed by atoms with Crippen molar-refractivity contribution in [2.24, 2.45) is 27.3 Å². The van der Waals surface area contributed by atoms with Crippen LogP contribution in [0.25, 0.3) is 11.3 Å². The minimum Gasteiger partial charge on any atom is -0.258 e. The van der Waals surface area contributed by atoms with Crippen LogP contribution in [0.4, 0.5) is 11.4 Å². The van der Waals surface area contributed by atoms with E-state index < -0.39 is 0 Å². The molecule has 0 aliphatic heterocycles. The average molecular weight is 473 g/mol. The second-order valence-electron chi connectivity index (χ2n) is 9.91. The van der Waals surface area contributed by atoms with Crippen molar-refractivity contribution in [3.05, 3.63) is 85.5 Å². The Labute approximate surface area is 203 Å². The zero-order chi connectivity index (χ0) is 24.0. The summed E-state index contributed by atoms with van der Waals surface area (Å²) in [6, 6.07) is 12.8. The minimum atomic E-state index is -0.381. The SMILES string of the molecule is Cc1ccc(C)c(N=c2scc(-c3ccc([N+](=O)[O-])cc3)n2N=CC2=CCC3CC2C3(C)C)c1. The van der Waals surface area contributed by atoms with Crippen molar-refractivity contribution in [2.45, 2.75) is 40.5 Å². The first-order chi connectivity index (χ1) is 16.2. The molecule has 0 radical (unpaired) electrons. The van der Waals surface area contributed by atoms with E-state index in [1.807, 2.05) is 16.3 Å². The maximum Gasteiger partial charge on any atom is 0.269 e. The van der Waals surface area contributed by atoms with E-state index in [1.54, 1.807) is 12.1 Å². The highest BCUT2D eigenvalue weighted by atomic mass is 32.1. The first-order valence-corrected chi connectivity index (χ1v) is 12.4. The predicted octanol–water partition coefficient (Wildman–Crippen LogP) is 6.80. The van der Waals surface area contributed by atoms with Gasteiger partial charge < -0.3 is 0 Å². The van der Waals surface area contributed by atoms with E-state index in [0.29, 0.717) is 11.3 Å². The van der Waals surface area contributed by atoms with Crippen LogP contribution < -0.4 is 4.80 Å².